The van der Waals surface area contributed by atoms with Gasteiger partial charge >= 0.3 is 11.9 Å². The van der Waals surface area contributed by atoms with Crippen LogP contribution in [0.3, 0.4) is 0 Å². The highest BCUT2D eigenvalue weighted by atomic mass is 16.6. The summed E-state index contributed by atoms with van der Waals surface area (Å²) in [5, 5.41) is 0. The topological polar surface area (TPSA) is 55.8 Å². The van der Waals surface area contributed by atoms with E-state index in [9.17, 15) is 9.59 Å². The SMILES string of the molecule is CCCCCCCCCCCCC(COC(=O)C(CCCCCCCC)CCCCCCCC)OC(=O)CCCCCN(C)C. The van der Waals surface area contributed by atoms with Gasteiger partial charge < -0.3 is 14.4 Å². The molecule has 0 saturated carbocycles. The first-order chi connectivity index (χ1) is 21.9. The highest BCUT2D eigenvalue weighted by molar-refractivity contribution is 5.72. The first-order valence-electron chi connectivity index (χ1n) is 19.9. The van der Waals surface area contributed by atoms with Gasteiger partial charge in [-0.1, -0.05) is 162 Å². The summed E-state index contributed by atoms with van der Waals surface area (Å²) in [6, 6.07) is 0. The Morgan fingerprint density at radius 1 is 0.511 bits per heavy atom. The normalized spacial score (nSPS) is 12.2. The molecule has 45 heavy (non-hydrogen) atoms. The van der Waals surface area contributed by atoms with Crippen molar-refractivity contribution in [2.45, 2.75) is 213 Å². The smallest absolute Gasteiger partial charge is 0.309 e. The van der Waals surface area contributed by atoms with E-state index < -0.39 is 0 Å². The fourth-order valence-corrected chi connectivity index (χ4v) is 6.17. The van der Waals surface area contributed by atoms with Crippen LogP contribution in [0, 0.1) is 5.92 Å². The van der Waals surface area contributed by atoms with Gasteiger partial charge in [0.1, 0.15) is 12.7 Å². The van der Waals surface area contributed by atoms with Crippen molar-refractivity contribution in [3.8, 4) is 0 Å². The van der Waals surface area contributed by atoms with Crippen LogP contribution >= 0.6 is 0 Å². The van der Waals surface area contributed by atoms with E-state index in [-0.39, 0.29) is 30.6 Å². The number of unbranched alkanes of at least 4 members (excludes halogenated alkanes) is 21. The number of esters is 2. The molecule has 0 aliphatic rings. The lowest BCUT2D eigenvalue weighted by Gasteiger charge is -2.21. The minimum atomic E-state index is -0.319. The zero-order valence-electron chi connectivity index (χ0n) is 31.2. The second-order valence-electron chi connectivity index (χ2n) is 14.1. The van der Waals surface area contributed by atoms with E-state index >= 15 is 0 Å². The highest BCUT2D eigenvalue weighted by Gasteiger charge is 2.22. The van der Waals surface area contributed by atoms with Crippen molar-refractivity contribution in [2.24, 2.45) is 5.92 Å². The number of nitrogens with zero attached hydrogens (tertiary/aromatic N) is 1. The Morgan fingerprint density at radius 2 is 0.911 bits per heavy atom. The minimum absolute atomic E-state index is 0.0206. The number of ether oxygens (including phenoxy) is 2. The molecule has 0 aromatic carbocycles. The maximum absolute atomic E-state index is 13.3. The first kappa shape index (κ1) is 43.9. The molecule has 0 N–H and O–H groups in total. The summed E-state index contributed by atoms with van der Waals surface area (Å²) in [6.07, 6.45) is 33.4. The van der Waals surface area contributed by atoms with Gasteiger partial charge in [0.25, 0.3) is 0 Å². The van der Waals surface area contributed by atoms with E-state index in [0.29, 0.717) is 6.42 Å². The standard InChI is InChI=1S/C40H79NO4/c1-6-9-12-15-18-19-20-21-24-28-33-38(45-39(42)34-29-25-30-35-41(4)5)36-44-40(43)37(31-26-22-16-13-10-7-2)32-27-23-17-14-11-8-3/h37-38H,6-36H2,1-5H3. The van der Waals surface area contributed by atoms with E-state index in [1.54, 1.807) is 0 Å². The minimum Gasteiger partial charge on any atom is -0.462 e. The number of rotatable bonds is 35. The summed E-state index contributed by atoms with van der Waals surface area (Å²) in [5.41, 5.74) is 0. The van der Waals surface area contributed by atoms with Crippen LogP contribution in [0.4, 0.5) is 0 Å². The van der Waals surface area contributed by atoms with Crippen LogP contribution in [-0.2, 0) is 19.1 Å². The van der Waals surface area contributed by atoms with Crippen LogP contribution in [-0.4, -0.2) is 50.2 Å². The third-order valence-electron chi connectivity index (χ3n) is 9.22. The van der Waals surface area contributed by atoms with Gasteiger partial charge in [0.2, 0.25) is 0 Å². The molecule has 0 bridgehead atoms. The van der Waals surface area contributed by atoms with Gasteiger partial charge in [0, 0.05) is 6.42 Å². The summed E-state index contributed by atoms with van der Waals surface area (Å²) in [5.74, 6) is -0.221. The van der Waals surface area contributed by atoms with Crippen molar-refractivity contribution in [1.82, 2.24) is 4.90 Å². The molecule has 0 fully saturated rings. The number of hydrogen-bond donors (Lipinski definition) is 0. The Bertz CT molecular complexity index is 622. The fraction of sp³-hybridized carbons (Fsp3) is 0.950. The van der Waals surface area contributed by atoms with E-state index in [2.05, 4.69) is 39.8 Å². The largest absolute Gasteiger partial charge is 0.462 e. The molecule has 1 atom stereocenters. The van der Waals surface area contributed by atoms with Gasteiger partial charge in [0.15, 0.2) is 0 Å². The van der Waals surface area contributed by atoms with Crippen molar-refractivity contribution in [2.75, 3.05) is 27.2 Å². The van der Waals surface area contributed by atoms with E-state index in [0.717, 1.165) is 70.8 Å². The average Bonchev–Trinajstić information content (AvgIpc) is 3.02. The van der Waals surface area contributed by atoms with Gasteiger partial charge in [-0.2, -0.15) is 0 Å². The molecule has 5 heteroatoms. The van der Waals surface area contributed by atoms with Crippen LogP contribution in [0.5, 0.6) is 0 Å². The van der Waals surface area contributed by atoms with E-state index in [1.165, 1.54) is 116 Å². The molecule has 0 aromatic heterocycles. The summed E-state index contributed by atoms with van der Waals surface area (Å²) < 4.78 is 11.9. The molecule has 0 spiro atoms. The molecule has 0 rings (SSSR count). The van der Waals surface area contributed by atoms with Crippen molar-refractivity contribution in [3.63, 3.8) is 0 Å². The molecule has 1 unspecified atom stereocenters. The van der Waals surface area contributed by atoms with Crippen LogP contribution in [0.25, 0.3) is 0 Å². The number of carbonyl (C=O) groups is 2. The van der Waals surface area contributed by atoms with E-state index in [4.69, 9.17) is 9.47 Å². The summed E-state index contributed by atoms with van der Waals surface area (Å²) >= 11 is 0. The lowest BCUT2D eigenvalue weighted by Crippen LogP contribution is -2.28. The molecule has 0 saturated heterocycles. The average molecular weight is 638 g/mol. The zero-order chi connectivity index (χ0) is 33.2. The van der Waals surface area contributed by atoms with Gasteiger partial charge in [-0.3, -0.25) is 9.59 Å². The third kappa shape index (κ3) is 31.3. The lowest BCUT2D eigenvalue weighted by molar-refractivity contribution is -0.162. The second kappa shape index (κ2) is 34.2. The predicted molar refractivity (Wildman–Crippen MR) is 194 cm³/mol. The van der Waals surface area contributed by atoms with Crippen molar-refractivity contribution in [1.29, 1.82) is 0 Å². The fourth-order valence-electron chi connectivity index (χ4n) is 6.17. The Hall–Kier alpha value is -1.10. The van der Waals surface area contributed by atoms with Crippen LogP contribution in [0.1, 0.15) is 207 Å². The predicted octanol–water partition coefficient (Wildman–Crippen LogP) is 12.0. The molecule has 0 heterocycles. The second-order valence-corrected chi connectivity index (χ2v) is 14.1. The summed E-state index contributed by atoms with van der Waals surface area (Å²) in [4.78, 5) is 28.3. The van der Waals surface area contributed by atoms with Gasteiger partial charge in [-0.25, -0.2) is 0 Å². The maximum Gasteiger partial charge on any atom is 0.309 e. The van der Waals surface area contributed by atoms with E-state index in [1.807, 2.05) is 0 Å². The summed E-state index contributed by atoms with van der Waals surface area (Å²) in [6.45, 7) is 8.03. The molecule has 0 amide bonds. The van der Waals surface area contributed by atoms with Crippen molar-refractivity contribution < 1.29 is 19.1 Å². The molecule has 0 aromatic rings. The maximum atomic E-state index is 13.3. The molecule has 0 aliphatic heterocycles. The van der Waals surface area contributed by atoms with Crippen molar-refractivity contribution >= 4 is 11.9 Å². The Balaban J connectivity index is 4.83. The van der Waals surface area contributed by atoms with Crippen LogP contribution < -0.4 is 0 Å². The Morgan fingerprint density at radius 3 is 1.36 bits per heavy atom. The highest BCUT2D eigenvalue weighted by Crippen LogP contribution is 2.22. The quantitative estimate of drug-likeness (QED) is 0.0511. The molecular weight excluding hydrogens is 558 g/mol. The zero-order valence-corrected chi connectivity index (χ0v) is 31.2. The molecule has 268 valence electrons. The monoisotopic (exact) mass is 638 g/mol. The number of carbonyl (C=O) groups excluding carboxylic acids is 2. The van der Waals surface area contributed by atoms with Crippen molar-refractivity contribution in [3.05, 3.63) is 0 Å². The molecule has 0 aliphatic carbocycles. The van der Waals surface area contributed by atoms with Crippen LogP contribution in [0.2, 0.25) is 0 Å². The summed E-state index contributed by atoms with van der Waals surface area (Å²) in [7, 11) is 4.17. The van der Waals surface area contributed by atoms with Gasteiger partial charge in [0.05, 0.1) is 5.92 Å². The molecular formula is C40H79NO4. The molecule has 0 radical (unpaired) electrons. The Labute approximate surface area is 281 Å². The molecule has 5 nitrogen and oxygen atoms in total. The Kier molecular flexibility index (Phi) is 33.4. The van der Waals surface area contributed by atoms with Gasteiger partial charge in [-0.05, 0) is 59.2 Å². The number of hydrogen-bond acceptors (Lipinski definition) is 5. The van der Waals surface area contributed by atoms with Crippen LogP contribution in [0.15, 0.2) is 0 Å². The third-order valence-corrected chi connectivity index (χ3v) is 9.22. The lowest BCUT2D eigenvalue weighted by atomic mass is 9.94. The van der Waals surface area contributed by atoms with Gasteiger partial charge in [-0.15, -0.1) is 0 Å². The first-order valence-corrected chi connectivity index (χ1v) is 19.9.